The first kappa shape index (κ1) is 14.7. The van der Waals surface area contributed by atoms with Gasteiger partial charge in [-0.3, -0.25) is 0 Å². The Hall–Kier alpha value is -2.27. The Kier molecular flexibility index (Phi) is 4.44. The van der Waals surface area contributed by atoms with Crippen LogP contribution in [0.4, 0.5) is 0 Å². The molecule has 7 nitrogen and oxygen atoms in total. The number of ether oxygens (including phenoxy) is 2. The van der Waals surface area contributed by atoms with E-state index in [1.165, 1.54) is 0 Å². The number of tetrazole rings is 1. The van der Waals surface area contributed by atoms with Gasteiger partial charge in [-0.05, 0) is 29.0 Å². The molecule has 0 amide bonds. The highest BCUT2D eigenvalue weighted by atomic mass is 32.2. The van der Waals surface area contributed by atoms with Crippen molar-refractivity contribution in [1.82, 2.24) is 20.2 Å². The van der Waals surface area contributed by atoms with Crippen LogP contribution in [-0.2, 0) is 0 Å². The van der Waals surface area contributed by atoms with Crippen LogP contribution in [0.1, 0.15) is 19.8 Å². The lowest BCUT2D eigenvalue weighted by Crippen LogP contribution is -2.15. The molecule has 1 aliphatic heterocycles. The van der Waals surface area contributed by atoms with Gasteiger partial charge in [0.2, 0.25) is 5.16 Å². The van der Waals surface area contributed by atoms with Crippen LogP contribution in [0.5, 0.6) is 11.5 Å². The summed E-state index contributed by atoms with van der Waals surface area (Å²) in [5.41, 5.74) is 0.823. The molecule has 0 N–H and O–H groups in total. The molecular weight excluding hydrogens is 302 g/mol. The lowest BCUT2D eigenvalue weighted by Gasteiger charge is -2.19. The summed E-state index contributed by atoms with van der Waals surface area (Å²) in [4.78, 5) is 0. The summed E-state index contributed by atoms with van der Waals surface area (Å²) in [7, 11) is 0. The van der Waals surface area contributed by atoms with Gasteiger partial charge in [0.1, 0.15) is 13.2 Å². The summed E-state index contributed by atoms with van der Waals surface area (Å²) in [5.74, 6) is 1.44. The van der Waals surface area contributed by atoms with Gasteiger partial charge >= 0.3 is 0 Å². The third kappa shape index (κ3) is 3.14. The Morgan fingerprint density at radius 1 is 1.36 bits per heavy atom. The van der Waals surface area contributed by atoms with Crippen LogP contribution in [0.2, 0.25) is 0 Å². The number of nitriles is 1. The van der Waals surface area contributed by atoms with Gasteiger partial charge < -0.3 is 9.47 Å². The second kappa shape index (κ2) is 6.66. The van der Waals surface area contributed by atoms with E-state index in [4.69, 9.17) is 14.7 Å². The van der Waals surface area contributed by atoms with E-state index >= 15 is 0 Å². The van der Waals surface area contributed by atoms with Crippen LogP contribution < -0.4 is 9.47 Å². The van der Waals surface area contributed by atoms with Gasteiger partial charge in [0.25, 0.3) is 0 Å². The van der Waals surface area contributed by atoms with Gasteiger partial charge in [0.15, 0.2) is 11.5 Å². The van der Waals surface area contributed by atoms with Gasteiger partial charge in [-0.1, -0.05) is 18.7 Å². The zero-order valence-electron chi connectivity index (χ0n) is 12.1. The first-order chi connectivity index (χ1) is 10.8. The fourth-order valence-corrected chi connectivity index (χ4v) is 3.01. The summed E-state index contributed by atoms with van der Waals surface area (Å²) in [6.07, 6.45) is 1.33. The molecule has 0 radical (unpaired) electrons. The minimum absolute atomic E-state index is 0.265. The fourth-order valence-electron chi connectivity index (χ4n) is 2.08. The SMILES string of the molecule is C[C@@H](CCC#N)Sc1nnnn1-c1ccc2c(c1)OCCO2. The van der Waals surface area contributed by atoms with Crippen molar-refractivity contribution in [2.45, 2.75) is 30.2 Å². The summed E-state index contributed by atoms with van der Waals surface area (Å²) in [6, 6.07) is 7.78. The zero-order valence-corrected chi connectivity index (χ0v) is 12.9. The third-order valence-electron chi connectivity index (χ3n) is 3.18. The van der Waals surface area contributed by atoms with E-state index in [9.17, 15) is 0 Å². The monoisotopic (exact) mass is 317 g/mol. The van der Waals surface area contributed by atoms with Crippen LogP contribution >= 0.6 is 11.8 Å². The van der Waals surface area contributed by atoms with E-state index in [0.717, 1.165) is 17.9 Å². The van der Waals surface area contributed by atoms with Gasteiger partial charge in [0, 0.05) is 17.7 Å². The molecule has 0 bridgehead atoms. The quantitative estimate of drug-likeness (QED) is 0.781. The molecule has 0 spiro atoms. The van der Waals surface area contributed by atoms with Crippen molar-refractivity contribution in [1.29, 1.82) is 5.26 Å². The number of hydrogen-bond acceptors (Lipinski definition) is 7. The molecular formula is C14H15N5O2S. The highest BCUT2D eigenvalue weighted by molar-refractivity contribution is 7.99. The number of hydrogen-bond donors (Lipinski definition) is 0. The predicted octanol–water partition coefficient (Wildman–Crippen LogP) is 2.22. The minimum atomic E-state index is 0.265. The van der Waals surface area contributed by atoms with E-state index in [-0.39, 0.29) is 5.25 Å². The molecule has 3 rings (SSSR count). The summed E-state index contributed by atoms with van der Waals surface area (Å²) >= 11 is 1.55. The van der Waals surface area contributed by atoms with Crippen LogP contribution in [0.3, 0.4) is 0 Å². The molecule has 0 saturated carbocycles. The first-order valence-electron chi connectivity index (χ1n) is 7.00. The molecule has 1 atom stereocenters. The van der Waals surface area contributed by atoms with Gasteiger partial charge in [0.05, 0.1) is 11.8 Å². The molecule has 22 heavy (non-hydrogen) atoms. The van der Waals surface area contributed by atoms with Crippen molar-refractivity contribution in [3.05, 3.63) is 18.2 Å². The molecule has 8 heteroatoms. The zero-order chi connectivity index (χ0) is 15.4. The topological polar surface area (TPSA) is 85.9 Å². The lowest BCUT2D eigenvalue weighted by molar-refractivity contribution is 0.171. The maximum Gasteiger partial charge on any atom is 0.214 e. The van der Waals surface area contributed by atoms with Crippen molar-refractivity contribution in [2.24, 2.45) is 0 Å². The molecule has 1 aromatic heterocycles. The van der Waals surface area contributed by atoms with Crippen LogP contribution in [0, 0.1) is 11.3 Å². The molecule has 2 heterocycles. The van der Waals surface area contributed by atoms with Crippen LogP contribution in [0.15, 0.2) is 23.4 Å². The predicted molar refractivity (Wildman–Crippen MR) is 80.3 cm³/mol. The third-order valence-corrected chi connectivity index (χ3v) is 4.28. The summed E-state index contributed by atoms with van der Waals surface area (Å²) in [5, 5.41) is 21.5. The highest BCUT2D eigenvalue weighted by Crippen LogP contribution is 2.33. The van der Waals surface area contributed by atoms with Crippen molar-refractivity contribution in [2.75, 3.05) is 13.2 Å². The van der Waals surface area contributed by atoms with Crippen molar-refractivity contribution in [3.63, 3.8) is 0 Å². The van der Waals surface area contributed by atoms with E-state index < -0.39 is 0 Å². The number of benzene rings is 1. The van der Waals surface area contributed by atoms with Gasteiger partial charge in [-0.25, -0.2) is 0 Å². The Labute approximate surface area is 132 Å². The first-order valence-corrected chi connectivity index (χ1v) is 7.88. The standard InChI is InChI=1S/C14H15N5O2S/c1-10(3-2-6-15)22-14-16-17-18-19(14)11-4-5-12-13(9-11)21-8-7-20-12/h4-5,9-10H,2-3,7-8H2,1H3/t10-/m0/s1. The Balaban J connectivity index is 1.81. The molecule has 1 aliphatic rings. The Morgan fingerprint density at radius 3 is 3.00 bits per heavy atom. The second-order valence-corrected chi connectivity index (χ2v) is 6.23. The molecule has 0 unspecified atom stereocenters. The molecule has 0 saturated heterocycles. The average molecular weight is 317 g/mol. The van der Waals surface area contributed by atoms with Crippen molar-refractivity contribution in [3.8, 4) is 23.3 Å². The number of thioether (sulfide) groups is 1. The Morgan fingerprint density at radius 2 is 2.18 bits per heavy atom. The maximum absolute atomic E-state index is 8.66. The average Bonchev–Trinajstić information content (AvgIpc) is 3.00. The maximum atomic E-state index is 8.66. The highest BCUT2D eigenvalue weighted by Gasteiger charge is 2.17. The van der Waals surface area contributed by atoms with Gasteiger partial charge in [-0.15, -0.1) is 5.10 Å². The van der Waals surface area contributed by atoms with E-state index in [1.807, 2.05) is 18.2 Å². The van der Waals surface area contributed by atoms with Crippen LogP contribution in [0.25, 0.3) is 5.69 Å². The second-order valence-electron chi connectivity index (χ2n) is 4.83. The summed E-state index contributed by atoms with van der Waals surface area (Å²) < 4.78 is 12.8. The van der Waals surface area contributed by atoms with Gasteiger partial charge in [-0.2, -0.15) is 9.94 Å². The minimum Gasteiger partial charge on any atom is -0.486 e. The Bertz CT molecular complexity index is 697. The smallest absolute Gasteiger partial charge is 0.214 e. The van der Waals surface area contributed by atoms with Crippen molar-refractivity contribution >= 4 is 11.8 Å². The molecule has 2 aromatic rings. The number of rotatable bonds is 5. The van der Waals surface area contributed by atoms with Crippen molar-refractivity contribution < 1.29 is 9.47 Å². The number of aromatic nitrogens is 4. The molecule has 114 valence electrons. The van der Waals surface area contributed by atoms with E-state index in [2.05, 4.69) is 28.5 Å². The molecule has 0 fully saturated rings. The number of fused-ring (bicyclic) bond motifs is 1. The molecule has 1 aromatic carbocycles. The lowest BCUT2D eigenvalue weighted by atomic mass is 10.2. The largest absolute Gasteiger partial charge is 0.486 e. The van der Waals surface area contributed by atoms with Crippen LogP contribution in [-0.4, -0.2) is 38.7 Å². The molecule has 0 aliphatic carbocycles. The number of nitrogens with zero attached hydrogens (tertiary/aromatic N) is 5. The fraction of sp³-hybridized carbons (Fsp3) is 0.429. The van der Waals surface area contributed by atoms with E-state index in [1.54, 1.807) is 16.4 Å². The normalized spacial score (nSPS) is 14.4. The van der Waals surface area contributed by atoms with E-state index in [0.29, 0.717) is 30.5 Å². The summed E-state index contributed by atoms with van der Waals surface area (Å²) in [6.45, 7) is 3.17.